The minimum absolute atomic E-state index is 0.201. The summed E-state index contributed by atoms with van der Waals surface area (Å²) >= 11 is 0. The molecule has 1 aliphatic rings. The third-order valence-corrected chi connectivity index (χ3v) is 4.85. The van der Waals surface area contributed by atoms with E-state index < -0.39 is 5.97 Å². The number of hydrogen-bond acceptors (Lipinski definition) is 4. The molecule has 0 saturated heterocycles. The fraction of sp³-hybridized carbons (Fsp3) is 0.182. The lowest BCUT2D eigenvalue weighted by Crippen LogP contribution is -2.22. The van der Waals surface area contributed by atoms with Crippen LogP contribution >= 0.6 is 0 Å². The van der Waals surface area contributed by atoms with Crippen LogP contribution in [0.3, 0.4) is 0 Å². The van der Waals surface area contributed by atoms with Gasteiger partial charge in [-0.2, -0.15) is 0 Å². The Morgan fingerprint density at radius 1 is 1.04 bits per heavy atom. The summed E-state index contributed by atoms with van der Waals surface area (Å²) in [5.41, 5.74) is 3.13. The highest BCUT2D eigenvalue weighted by Gasteiger charge is 2.33. The second-order valence-corrected chi connectivity index (χ2v) is 6.70. The number of carbonyl (C=O) groups excluding carboxylic acids is 1. The van der Waals surface area contributed by atoms with Crippen LogP contribution in [0.4, 0.5) is 5.69 Å². The molecule has 0 aliphatic carbocycles. The van der Waals surface area contributed by atoms with Gasteiger partial charge >= 0.3 is 5.97 Å². The van der Waals surface area contributed by atoms with Gasteiger partial charge in [0.25, 0.3) is 5.56 Å². The lowest BCUT2D eigenvalue weighted by Gasteiger charge is -2.12. The summed E-state index contributed by atoms with van der Waals surface area (Å²) in [6.45, 7) is 2.44. The van der Waals surface area contributed by atoms with Crippen LogP contribution in [-0.2, 0) is 11.3 Å². The first-order chi connectivity index (χ1) is 13.0. The van der Waals surface area contributed by atoms with E-state index in [0.717, 1.165) is 22.2 Å². The molecule has 0 atom stereocenters. The maximum Gasteiger partial charge on any atom is 0.344 e. The highest BCUT2D eigenvalue weighted by atomic mass is 16.5. The van der Waals surface area contributed by atoms with Gasteiger partial charge in [-0.15, -0.1) is 0 Å². The van der Waals surface area contributed by atoms with Crippen molar-refractivity contribution in [3.8, 4) is 5.75 Å². The van der Waals surface area contributed by atoms with Crippen LogP contribution < -0.4 is 15.2 Å². The summed E-state index contributed by atoms with van der Waals surface area (Å²) in [6, 6.07) is 15.3. The van der Waals surface area contributed by atoms with Crippen molar-refractivity contribution in [3.63, 3.8) is 0 Å². The summed E-state index contributed by atoms with van der Waals surface area (Å²) < 4.78 is 7.20. The van der Waals surface area contributed by atoms with Crippen LogP contribution in [0, 0.1) is 0 Å². The maximum absolute atomic E-state index is 13.1. The summed E-state index contributed by atoms with van der Waals surface area (Å²) in [7, 11) is 3.94. The van der Waals surface area contributed by atoms with Gasteiger partial charge in [-0.05, 0) is 42.8 Å². The average Bonchev–Trinajstić information content (AvgIpc) is 2.99. The number of ether oxygens (including phenoxy) is 1. The van der Waals surface area contributed by atoms with Gasteiger partial charge in [0.15, 0.2) is 5.75 Å². The number of carbonyl (C=O) groups is 1. The number of nitrogens with zero attached hydrogens (tertiary/aromatic N) is 2. The van der Waals surface area contributed by atoms with Crippen LogP contribution in [0.5, 0.6) is 5.75 Å². The van der Waals surface area contributed by atoms with Crippen LogP contribution in [0.1, 0.15) is 18.1 Å². The monoisotopic (exact) mass is 360 g/mol. The van der Waals surface area contributed by atoms with Gasteiger partial charge in [0, 0.05) is 31.7 Å². The van der Waals surface area contributed by atoms with E-state index >= 15 is 0 Å². The zero-order valence-electron chi connectivity index (χ0n) is 15.5. The first-order valence-corrected chi connectivity index (χ1v) is 8.88. The number of pyridine rings is 1. The van der Waals surface area contributed by atoms with Crippen LogP contribution in [-0.4, -0.2) is 24.6 Å². The van der Waals surface area contributed by atoms with E-state index in [2.05, 4.69) is 0 Å². The van der Waals surface area contributed by atoms with Crippen molar-refractivity contribution < 1.29 is 9.53 Å². The van der Waals surface area contributed by atoms with E-state index in [9.17, 15) is 9.59 Å². The highest BCUT2D eigenvalue weighted by Crippen LogP contribution is 2.38. The van der Waals surface area contributed by atoms with Crippen LogP contribution in [0.2, 0.25) is 0 Å². The fourth-order valence-corrected chi connectivity index (χ4v) is 3.45. The summed E-state index contributed by atoms with van der Waals surface area (Å²) in [6.07, 6.45) is 1.73. The summed E-state index contributed by atoms with van der Waals surface area (Å²) in [5.74, 6) is -0.126. The molecule has 0 spiro atoms. The second-order valence-electron chi connectivity index (χ2n) is 6.70. The standard InChI is InChI=1S/C22H20N2O3/c1-4-24-18-8-6-5-7-16(18)20-19(21(24)25)17(22(26)27-20)13-14-9-11-15(12-10-14)23(2)3/h5-13H,4H2,1-3H3/b17-13+. The largest absolute Gasteiger partial charge is 0.421 e. The molecule has 2 aromatic carbocycles. The average molecular weight is 360 g/mol. The molecular weight excluding hydrogens is 340 g/mol. The number of hydrogen-bond donors (Lipinski definition) is 0. The molecule has 0 radical (unpaired) electrons. The van der Waals surface area contributed by atoms with Gasteiger partial charge in [0.2, 0.25) is 0 Å². The first-order valence-electron chi connectivity index (χ1n) is 8.88. The van der Waals surface area contributed by atoms with Crippen molar-refractivity contribution in [2.75, 3.05) is 19.0 Å². The zero-order chi connectivity index (χ0) is 19.1. The molecule has 0 saturated carbocycles. The van der Waals surface area contributed by atoms with Gasteiger partial charge in [-0.1, -0.05) is 24.3 Å². The van der Waals surface area contributed by atoms with Crippen LogP contribution in [0.15, 0.2) is 53.3 Å². The van der Waals surface area contributed by atoms with Gasteiger partial charge in [-0.3, -0.25) is 4.79 Å². The van der Waals surface area contributed by atoms with E-state index in [1.165, 1.54) is 0 Å². The number of anilines is 1. The Morgan fingerprint density at radius 3 is 2.41 bits per heavy atom. The van der Waals surface area contributed by atoms with Crippen molar-refractivity contribution in [2.45, 2.75) is 13.5 Å². The number of aromatic nitrogens is 1. The smallest absolute Gasteiger partial charge is 0.344 e. The summed E-state index contributed by atoms with van der Waals surface area (Å²) in [5, 5.41) is 0.772. The number of para-hydroxylation sites is 1. The number of rotatable bonds is 3. The van der Waals surface area contributed by atoms with Crippen LogP contribution in [0.25, 0.3) is 22.6 Å². The Labute approximate surface area is 157 Å². The molecule has 1 aliphatic heterocycles. The molecule has 5 nitrogen and oxygen atoms in total. The normalized spacial score (nSPS) is 14.5. The molecule has 1 aromatic heterocycles. The molecule has 27 heavy (non-hydrogen) atoms. The molecule has 0 amide bonds. The maximum atomic E-state index is 13.1. The third kappa shape index (κ3) is 2.72. The van der Waals surface area contributed by atoms with Gasteiger partial charge < -0.3 is 14.2 Å². The van der Waals surface area contributed by atoms with E-state index in [-0.39, 0.29) is 5.56 Å². The van der Waals surface area contributed by atoms with Gasteiger partial charge in [0.1, 0.15) is 0 Å². The van der Waals surface area contributed by atoms with E-state index in [1.807, 2.05) is 74.4 Å². The Balaban J connectivity index is 1.93. The molecule has 0 bridgehead atoms. The molecule has 4 rings (SSSR count). The second kappa shape index (κ2) is 6.43. The zero-order valence-corrected chi connectivity index (χ0v) is 15.5. The number of benzene rings is 2. The molecule has 0 fully saturated rings. The number of aryl methyl sites for hydroxylation is 1. The van der Waals surface area contributed by atoms with Crippen molar-refractivity contribution >= 4 is 34.2 Å². The fourth-order valence-electron chi connectivity index (χ4n) is 3.45. The molecule has 0 unspecified atom stereocenters. The predicted octanol–water partition coefficient (Wildman–Crippen LogP) is 3.55. The summed E-state index contributed by atoms with van der Waals surface area (Å²) in [4.78, 5) is 27.6. The Morgan fingerprint density at radius 2 is 1.74 bits per heavy atom. The number of esters is 1. The van der Waals surface area contributed by atoms with Crippen molar-refractivity contribution in [1.29, 1.82) is 0 Å². The van der Waals surface area contributed by atoms with Crippen molar-refractivity contribution in [1.82, 2.24) is 4.57 Å². The topological polar surface area (TPSA) is 51.5 Å². The van der Waals surface area contributed by atoms with E-state index in [1.54, 1.807) is 10.6 Å². The molecular formula is C22H20N2O3. The quantitative estimate of drug-likeness (QED) is 0.529. The molecule has 0 N–H and O–H groups in total. The Hall–Kier alpha value is -3.34. The predicted molar refractivity (Wildman–Crippen MR) is 108 cm³/mol. The number of fused-ring (bicyclic) bond motifs is 3. The molecule has 5 heteroatoms. The van der Waals surface area contributed by atoms with E-state index in [4.69, 9.17) is 4.74 Å². The molecule has 3 aromatic rings. The SMILES string of the molecule is CCn1c(=O)c2c(c3ccccc31)OC(=O)/C2=C/c1ccc(N(C)C)cc1. The lowest BCUT2D eigenvalue weighted by molar-refractivity contribution is -0.126. The highest BCUT2D eigenvalue weighted by molar-refractivity contribution is 6.27. The lowest BCUT2D eigenvalue weighted by atomic mass is 10.0. The van der Waals surface area contributed by atoms with Crippen molar-refractivity contribution in [2.24, 2.45) is 0 Å². The molecule has 136 valence electrons. The minimum atomic E-state index is -0.488. The van der Waals surface area contributed by atoms with Gasteiger partial charge in [-0.25, -0.2) is 4.79 Å². The molecule has 2 heterocycles. The first kappa shape index (κ1) is 17.1. The van der Waals surface area contributed by atoms with E-state index in [0.29, 0.717) is 23.4 Å². The third-order valence-electron chi connectivity index (χ3n) is 4.85. The Kier molecular flexibility index (Phi) is 4.07. The van der Waals surface area contributed by atoms with Gasteiger partial charge in [0.05, 0.1) is 16.7 Å². The Bertz CT molecular complexity index is 1140. The van der Waals surface area contributed by atoms with Crippen molar-refractivity contribution in [3.05, 3.63) is 70.0 Å². The minimum Gasteiger partial charge on any atom is -0.421 e.